The highest BCUT2D eigenvalue weighted by molar-refractivity contribution is 7.86. The molecule has 274 valence electrons. The van der Waals surface area contributed by atoms with Crippen LogP contribution in [-0.2, 0) is 20.2 Å². The average Bonchev–Trinajstić information content (AvgIpc) is 3.09. The van der Waals surface area contributed by atoms with Crippen molar-refractivity contribution in [3.05, 3.63) is 96.1 Å². The summed E-state index contributed by atoms with van der Waals surface area (Å²) in [6.45, 7) is 0. The van der Waals surface area contributed by atoms with E-state index >= 15 is 0 Å². The Bertz CT molecular complexity index is 2700. The number of benzene rings is 6. The molecule has 6 aromatic rings. The van der Waals surface area contributed by atoms with E-state index in [4.69, 9.17) is 11.5 Å². The van der Waals surface area contributed by atoms with Gasteiger partial charge in [0, 0.05) is 10.8 Å². The summed E-state index contributed by atoms with van der Waals surface area (Å²) in [5, 5.41) is 55.9. The monoisotopic (exact) mass is 772 g/mol. The van der Waals surface area contributed by atoms with Crippen molar-refractivity contribution in [1.29, 1.82) is 0 Å². The first-order valence-corrected chi connectivity index (χ1v) is 17.9. The van der Waals surface area contributed by atoms with Crippen LogP contribution in [-0.4, -0.2) is 58.3 Å². The van der Waals surface area contributed by atoms with Gasteiger partial charge in [0.2, 0.25) is 0 Å². The molecule has 20 heteroatoms. The van der Waals surface area contributed by atoms with Crippen LogP contribution in [0.2, 0.25) is 0 Å². The molecule has 10 N–H and O–H groups in total. The highest BCUT2D eigenvalue weighted by atomic mass is 32.2. The second-order valence-electron chi connectivity index (χ2n) is 11.4. The van der Waals surface area contributed by atoms with Gasteiger partial charge in [-0.2, -0.15) is 16.8 Å². The average molecular weight is 773 g/mol. The summed E-state index contributed by atoms with van der Waals surface area (Å²) in [6, 6.07) is 17.1. The third-order valence-electron chi connectivity index (χ3n) is 8.12. The summed E-state index contributed by atoms with van der Waals surface area (Å²) in [6.07, 6.45) is 0. The molecule has 0 fully saturated rings. The quantitative estimate of drug-likeness (QED) is 0.0418. The van der Waals surface area contributed by atoms with E-state index < -0.39 is 64.6 Å². The van der Waals surface area contributed by atoms with Crippen molar-refractivity contribution in [3.8, 4) is 22.6 Å². The van der Waals surface area contributed by atoms with E-state index in [2.05, 4.69) is 20.5 Å². The fraction of sp³-hybridized carbons (Fsp3) is 0. The number of nitrogens with two attached hydrogens (primary N) is 2. The number of nitrogen functional groups attached to an aromatic ring is 2. The van der Waals surface area contributed by atoms with Gasteiger partial charge in [-0.15, -0.1) is 20.5 Å². The minimum absolute atomic E-state index is 0.0952. The number of phenols is 2. The molecule has 0 atom stereocenters. The van der Waals surface area contributed by atoms with Crippen molar-refractivity contribution in [2.45, 2.75) is 9.79 Å². The number of aromatic hydroxyl groups is 2. The Morgan fingerprint density at radius 2 is 0.870 bits per heavy atom. The molecule has 18 nitrogen and oxygen atoms in total. The van der Waals surface area contributed by atoms with Gasteiger partial charge in [-0.05, 0) is 59.7 Å². The number of phenolic OH excluding ortho intramolecular Hbond substituents is 2. The molecule has 54 heavy (non-hydrogen) atoms. The number of carboxylic acid groups (broad SMARTS) is 2. The van der Waals surface area contributed by atoms with Crippen LogP contribution >= 0.6 is 0 Å². The lowest BCUT2D eigenvalue weighted by Gasteiger charge is -2.11. The number of rotatable bonds is 9. The fourth-order valence-electron chi connectivity index (χ4n) is 5.63. The van der Waals surface area contributed by atoms with Crippen molar-refractivity contribution >= 4 is 87.8 Å². The summed E-state index contributed by atoms with van der Waals surface area (Å²) in [5.41, 5.74) is 10.3. The van der Waals surface area contributed by atoms with Gasteiger partial charge in [0.1, 0.15) is 44.0 Å². The summed E-state index contributed by atoms with van der Waals surface area (Å²) in [4.78, 5) is 23.3. The lowest BCUT2D eigenvalue weighted by Crippen LogP contribution is -2.01. The Hall–Kier alpha value is -7.00. The van der Waals surface area contributed by atoms with Crippen molar-refractivity contribution in [1.82, 2.24) is 0 Å². The van der Waals surface area contributed by atoms with Crippen LogP contribution in [0, 0.1) is 0 Å². The molecule has 0 saturated carbocycles. The second-order valence-corrected chi connectivity index (χ2v) is 14.2. The van der Waals surface area contributed by atoms with Gasteiger partial charge in [-0.1, -0.05) is 36.4 Å². The van der Waals surface area contributed by atoms with Crippen molar-refractivity contribution in [3.63, 3.8) is 0 Å². The zero-order chi connectivity index (χ0) is 39.3. The normalized spacial score (nSPS) is 12.3. The fourth-order valence-corrected chi connectivity index (χ4v) is 7.05. The number of anilines is 2. The Balaban J connectivity index is 1.39. The number of hydrogen-bond donors (Lipinski definition) is 8. The van der Waals surface area contributed by atoms with E-state index in [1.165, 1.54) is 60.7 Å². The van der Waals surface area contributed by atoms with Crippen LogP contribution in [0.1, 0.15) is 20.7 Å². The number of azo groups is 2. The number of carboxylic acids is 2. The predicted octanol–water partition coefficient (Wildman–Crippen LogP) is 6.96. The molecular formula is C34H24N6O12S2. The van der Waals surface area contributed by atoms with Gasteiger partial charge in [-0.25, -0.2) is 9.59 Å². The van der Waals surface area contributed by atoms with Crippen molar-refractivity contribution in [2.24, 2.45) is 20.5 Å². The number of aromatic carboxylic acids is 2. The maximum Gasteiger partial charge on any atom is 0.337 e. The van der Waals surface area contributed by atoms with E-state index in [0.29, 0.717) is 0 Å². The van der Waals surface area contributed by atoms with Crippen LogP contribution in [0.4, 0.5) is 34.1 Å². The molecule has 0 aliphatic heterocycles. The molecule has 0 unspecified atom stereocenters. The first-order valence-electron chi connectivity index (χ1n) is 15.0. The number of nitrogens with zero attached hydrogens (tertiary/aromatic N) is 4. The van der Waals surface area contributed by atoms with E-state index in [1.807, 2.05) is 0 Å². The molecule has 6 aromatic carbocycles. The zero-order valence-corrected chi connectivity index (χ0v) is 28.6. The number of hydrogen-bond acceptors (Lipinski definition) is 14. The highest BCUT2D eigenvalue weighted by Gasteiger charge is 2.23. The second kappa shape index (κ2) is 13.5. The van der Waals surface area contributed by atoms with E-state index in [9.17, 15) is 56.0 Å². The third kappa shape index (κ3) is 6.82. The largest absolute Gasteiger partial charge is 0.507 e. The Morgan fingerprint density at radius 1 is 0.519 bits per heavy atom. The molecule has 6 rings (SSSR count). The predicted molar refractivity (Wildman–Crippen MR) is 194 cm³/mol. The van der Waals surface area contributed by atoms with Crippen LogP contribution < -0.4 is 11.5 Å². The standard InChI is InChI=1S/C34H24N6O12S2/c35-31-23(13-27(53(47,48)49)17-3-1-5-25(41)29(17)31)39-37-21-9-7-15(11-19(21)33(43)44)16-8-10-22(20(12-16)34(45)46)38-40-24-14-28(54(50,51)52)18-4-2-6-26(42)30(18)32(24)36/h1-14,41-42H,35-36H2,(H,43,44)(H,45,46)(H,47,48,49)(H,50,51,52). The first-order chi connectivity index (χ1) is 25.4. The molecule has 0 aliphatic carbocycles. The Labute approximate surface area is 303 Å². The maximum atomic E-state index is 12.3. The highest BCUT2D eigenvalue weighted by Crippen LogP contribution is 2.43. The molecule has 0 aliphatic rings. The van der Waals surface area contributed by atoms with Crippen LogP contribution in [0.5, 0.6) is 11.5 Å². The summed E-state index contributed by atoms with van der Waals surface area (Å²) in [5.74, 6) is -3.78. The van der Waals surface area contributed by atoms with Gasteiger partial charge in [0.25, 0.3) is 20.2 Å². The van der Waals surface area contributed by atoms with Gasteiger partial charge in [-0.3, -0.25) is 9.11 Å². The third-order valence-corrected chi connectivity index (χ3v) is 9.90. The van der Waals surface area contributed by atoms with Crippen molar-refractivity contribution < 1.29 is 56.0 Å². The summed E-state index contributed by atoms with van der Waals surface area (Å²) < 4.78 is 68.0. The minimum atomic E-state index is -4.84. The summed E-state index contributed by atoms with van der Waals surface area (Å²) in [7, 11) is -9.68. The topological polar surface area (TPSA) is 325 Å². The van der Waals surface area contributed by atoms with Gasteiger partial charge in [0.15, 0.2) is 0 Å². The van der Waals surface area contributed by atoms with Gasteiger partial charge < -0.3 is 31.9 Å². The van der Waals surface area contributed by atoms with Crippen molar-refractivity contribution in [2.75, 3.05) is 11.5 Å². The Morgan fingerprint density at radius 3 is 1.20 bits per heavy atom. The van der Waals surface area contributed by atoms with Crippen LogP contribution in [0.15, 0.2) is 115 Å². The zero-order valence-electron chi connectivity index (χ0n) is 27.0. The van der Waals surface area contributed by atoms with Gasteiger partial charge in [0.05, 0.1) is 33.3 Å². The molecule has 0 radical (unpaired) electrons. The molecule has 0 bridgehead atoms. The molecule has 0 heterocycles. The SMILES string of the molecule is Nc1c(N=Nc2ccc(-c3ccc(N=Nc4cc(S(=O)(=O)O)c5cccc(O)c5c4N)c(C(=O)O)c3)cc2C(=O)O)cc(S(=O)(=O)O)c2cccc(O)c12. The molecule has 0 aromatic heterocycles. The molecule has 0 amide bonds. The van der Waals surface area contributed by atoms with E-state index in [-0.39, 0.29) is 66.8 Å². The smallest absolute Gasteiger partial charge is 0.337 e. The van der Waals surface area contributed by atoms with Gasteiger partial charge >= 0.3 is 11.9 Å². The van der Waals surface area contributed by atoms with Crippen LogP contribution in [0.3, 0.4) is 0 Å². The first kappa shape index (κ1) is 36.8. The van der Waals surface area contributed by atoms with Crippen LogP contribution in [0.25, 0.3) is 32.7 Å². The lowest BCUT2D eigenvalue weighted by molar-refractivity contribution is 0.0686. The lowest BCUT2D eigenvalue weighted by atomic mass is 9.99. The molecule has 0 spiro atoms. The number of fused-ring (bicyclic) bond motifs is 2. The molecular weight excluding hydrogens is 749 g/mol. The van der Waals surface area contributed by atoms with E-state index in [1.54, 1.807) is 0 Å². The molecule has 0 saturated heterocycles. The van der Waals surface area contributed by atoms with E-state index in [0.717, 1.165) is 24.3 Å². The minimum Gasteiger partial charge on any atom is -0.507 e. The number of carbonyl (C=O) groups is 2. The Kier molecular flexibility index (Phi) is 9.21. The summed E-state index contributed by atoms with van der Waals surface area (Å²) >= 11 is 0. The maximum absolute atomic E-state index is 12.3.